The number of pyridine rings is 1. The quantitative estimate of drug-likeness (QED) is 0.362. The number of ether oxygens (including phenoxy) is 1. The Morgan fingerprint density at radius 1 is 1.09 bits per heavy atom. The molecule has 2 aromatic carbocycles. The van der Waals surface area contributed by atoms with Crippen LogP contribution < -0.4 is 10.2 Å². The van der Waals surface area contributed by atoms with E-state index in [2.05, 4.69) is 15.3 Å². The molecule has 1 N–H and O–H groups in total. The number of oxazole rings is 1. The van der Waals surface area contributed by atoms with E-state index in [1.165, 1.54) is 6.07 Å². The molecule has 0 radical (unpaired) electrons. The Kier molecular flexibility index (Phi) is 5.41. The lowest BCUT2D eigenvalue weighted by molar-refractivity contribution is -0.384. The second kappa shape index (κ2) is 8.67. The second-order valence-electron chi connectivity index (χ2n) is 7.44. The van der Waals surface area contributed by atoms with Gasteiger partial charge in [0.25, 0.3) is 11.6 Å². The third kappa shape index (κ3) is 4.23. The predicted octanol–water partition coefficient (Wildman–Crippen LogP) is 3.89. The molecule has 0 bridgehead atoms. The van der Waals surface area contributed by atoms with Crippen molar-refractivity contribution in [1.29, 1.82) is 0 Å². The number of nitro groups is 1. The van der Waals surface area contributed by atoms with Crippen LogP contribution in [0, 0.1) is 10.1 Å². The summed E-state index contributed by atoms with van der Waals surface area (Å²) in [6.07, 6.45) is 1.64. The van der Waals surface area contributed by atoms with Crippen LogP contribution in [0.2, 0.25) is 0 Å². The van der Waals surface area contributed by atoms with Crippen molar-refractivity contribution in [3.05, 3.63) is 76.5 Å². The van der Waals surface area contributed by atoms with Gasteiger partial charge in [-0.15, -0.1) is 0 Å². The molecule has 0 aliphatic carbocycles. The number of morpholine rings is 1. The fraction of sp³-hybridized carbons (Fsp3) is 0.174. The summed E-state index contributed by atoms with van der Waals surface area (Å²) in [7, 11) is 0. The minimum absolute atomic E-state index is 0.107. The van der Waals surface area contributed by atoms with Crippen molar-refractivity contribution in [2.24, 2.45) is 0 Å². The molecule has 0 atom stereocenters. The molecule has 2 aromatic heterocycles. The van der Waals surface area contributed by atoms with Gasteiger partial charge in [0.05, 0.1) is 18.1 Å². The third-order valence-corrected chi connectivity index (χ3v) is 5.34. The molecule has 0 spiro atoms. The Balaban J connectivity index is 1.33. The van der Waals surface area contributed by atoms with Gasteiger partial charge in [-0.25, -0.2) is 4.98 Å². The largest absolute Gasteiger partial charge is 0.434 e. The number of carbonyl (C=O) groups is 1. The molecular weight excluding hydrogens is 426 g/mol. The van der Waals surface area contributed by atoms with Gasteiger partial charge in [0, 0.05) is 42.2 Å². The summed E-state index contributed by atoms with van der Waals surface area (Å²) in [5, 5.41) is 14.4. The fourth-order valence-corrected chi connectivity index (χ4v) is 3.67. The Morgan fingerprint density at radius 3 is 2.61 bits per heavy atom. The van der Waals surface area contributed by atoms with E-state index in [9.17, 15) is 14.9 Å². The minimum atomic E-state index is -0.467. The molecule has 1 fully saturated rings. The second-order valence-corrected chi connectivity index (χ2v) is 7.44. The van der Waals surface area contributed by atoms with E-state index in [-0.39, 0.29) is 11.3 Å². The number of hydrogen-bond acceptors (Lipinski definition) is 8. The minimum Gasteiger partial charge on any atom is -0.434 e. The molecule has 166 valence electrons. The number of benzene rings is 2. The summed E-state index contributed by atoms with van der Waals surface area (Å²) in [6.45, 7) is 2.15. The Hall–Kier alpha value is -4.31. The summed E-state index contributed by atoms with van der Waals surface area (Å²) >= 11 is 0. The van der Waals surface area contributed by atoms with Crippen molar-refractivity contribution in [2.45, 2.75) is 0 Å². The van der Waals surface area contributed by atoms with Crippen molar-refractivity contribution in [1.82, 2.24) is 9.97 Å². The standard InChI is InChI=1S/C23H19N5O5/c29-22(16-5-8-18(19(14-16)28(30)31)27-10-12-32-13-11-27)25-17-6-3-15(4-7-17)23-26-21-20(33-23)2-1-9-24-21/h1-9,14H,10-13H2,(H,25,29). The van der Waals surface area contributed by atoms with Gasteiger partial charge in [-0.05, 0) is 48.5 Å². The molecular formula is C23H19N5O5. The van der Waals surface area contributed by atoms with Crippen molar-refractivity contribution in [2.75, 3.05) is 36.5 Å². The Labute approximate surface area is 188 Å². The van der Waals surface area contributed by atoms with E-state index in [4.69, 9.17) is 9.15 Å². The number of nitrogens with zero attached hydrogens (tertiary/aromatic N) is 4. The van der Waals surface area contributed by atoms with Gasteiger partial charge in [-0.2, -0.15) is 4.98 Å². The highest BCUT2D eigenvalue weighted by Gasteiger charge is 2.23. The molecule has 5 rings (SSSR count). The zero-order valence-electron chi connectivity index (χ0n) is 17.4. The zero-order valence-corrected chi connectivity index (χ0v) is 17.4. The number of carbonyl (C=O) groups excluding carboxylic acids is 1. The summed E-state index contributed by atoms with van der Waals surface area (Å²) in [6, 6.07) is 15.0. The first-order valence-corrected chi connectivity index (χ1v) is 10.3. The number of nitrogens with one attached hydrogen (secondary N) is 1. The molecule has 10 heteroatoms. The highest BCUT2D eigenvalue weighted by atomic mass is 16.6. The highest BCUT2D eigenvalue weighted by molar-refractivity contribution is 6.05. The van der Waals surface area contributed by atoms with Crippen LogP contribution in [0.15, 0.2) is 65.2 Å². The monoisotopic (exact) mass is 445 g/mol. The van der Waals surface area contributed by atoms with Gasteiger partial charge in [0.1, 0.15) is 5.69 Å². The van der Waals surface area contributed by atoms with Crippen LogP contribution in [0.4, 0.5) is 17.1 Å². The van der Waals surface area contributed by atoms with Crippen molar-refractivity contribution < 1.29 is 18.9 Å². The van der Waals surface area contributed by atoms with E-state index < -0.39 is 10.8 Å². The van der Waals surface area contributed by atoms with Crippen LogP contribution in [0.25, 0.3) is 22.7 Å². The first kappa shape index (κ1) is 20.6. The van der Waals surface area contributed by atoms with E-state index in [1.54, 1.807) is 54.7 Å². The predicted molar refractivity (Wildman–Crippen MR) is 121 cm³/mol. The van der Waals surface area contributed by atoms with Crippen molar-refractivity contribution in [3.8, 4) is 11.5 Å². The molecule has 1 amide bonds. The van der Waals surface area contributed by atoms with Crippen LogP contribution >= 0.6 is 0 Å². The maximum atomic E-state index is 12.7. The molecule has 4 aromatic rings. The van der Waals surface area contributed by atoms with Crippen LogP contribution in [-0.2, 0) is 4.74 Å². The number of amides is 1. The first-order valence-electron chi connectivity index (χ1n) is 10.3. The van der Waals surface area contributed by atoms with Gasteiger partial charge < -0.3 is 19.4 Å². The molecule has 0 saturated carbocycles. The summed E-state index contributed by atoms with van der Waals surface area (Å²) in [5.41, 5.74) is 2.96. The summed E-state index contributed by atoms with van der Waals surface area (Å²) in [5.74, 6) is -0.0126. The normalized spacial score (nSPS) is 13.8. The number of aromatic nitrogens is 2. The van der Waals surface area contributed by atoms with Gasteiger partial charge in [-0.3, -0.25) is 14.9 Å². The lowest BCUT2D eigenvalue weighted by Crippen LogP contribution is -2.36. The third-order valence-electron chi connectivity index (χ3n) is 5.34. The first-order chi connectivity index (χ1) is 16.1. The van der Waals surface area contributed by atoms with Crippen LogP contribution in [-0.4, -0.2) is 47.1 Å². The maximum absolute atomic E-state index is 12.7. The van der Waals surface area contributed by atoms with E-state index in [1.807, 2.05) is 4.90 Å². The molecule has 1 aliphatic rings. The van der Waals surface area contributed by atoms with Gasteiger partial charge in [-0.1, -0.05) is 0 Å². The van der Waals surface area contributed by atoms with Crippen LogP contribution in [0.5, 0.6) is 0 Å². The topological polar surface area (TPSA) is 124 Å². The molecule has 0 unspecified atom stereocenters. The number of fused-ring (bicyclic) bond motifs is 1. The van der Waals surface area contributed by atoms with Gasteiger partial charge in [0.15, 0.2) is 11.2 Å². The average Bonchev–Trinajstić information content (AvgIpc) is 3.29. The molecule has 1 aliphatic heterocycles. The Morgan fingerprint density at radius 2 is 1.88 bits per heavy atom. The number of rotatable bonds is 5. The highest BCUT2D eigenvalue weighted by Crippen LogP contribution is 2.30. The lowest BCUT2D eigenvalue weighted by atomic mass is 10.1. The molecule has 10 nitrogen and oxygen atoms in total. The van der Waals surface area contributed by atoms with Crippen molar-refractivity contribution >= 4 is 34.2 Å². The number of hydrogen-bond donors (Lipinski definition) is 1. The number of nitro benzene ring substituents is 1. The van der Waals surface area contributed by atoms with E-state index in [0.717, 1.165) is 5.56 Å². The van der Waals surface area contributed by atoms with E-state index >= 15 is 0 Å². The molecule has 1 saturated heterocycles. The summed E-state index contributed by atoms with van der Waals surface area (Å²) < 4.78 is 11.0. The maximum Gasteiger partial charge on any atom is 0.293 e. The van der Waals surface area contributed by atoms with Crippen molar-refractivity contribution in [3.63, 3.8) is 0 Å². The van der Waals surface area contributed by atoms with Crippen LogP contribution in [0.1, 0.15) is 10.4 Å². The average molecular weight is 445 g/mol. The Bertz CT molecular complexity index is 1300. The summed E-state index contributed by atoms with van der Waals surface area (Å²) in [4.78, 5) is 34.3. The zero-order chi connectivity index (χ0) is 22.8. The van der Waals surface area contributed by atoms with Crippen LogP contribution in [0.3, 0.4) is 0 Å². The lowest BCUT2D eigenvalue weighted by Gasteiger charge is -2.28. The molecule has 33 heavy (non-hydrogen) atoms. The molecule has 3 heterocycles. The van der Waals surface area contributed by atoms with E-state index in [0.29, 0.717) is 54.8 Å². The number of anilines is 2. The SMILES string of the molecule is O=C(Nc1ccc(-c2nc3ncccc3o2)cc1)c1ccc(N2CCOCC2)c([N+](=O)[O-])c1. The van der Waals surface area contributed by atoms with Gasteiger partial charge >= 0.3 is 0 Å². The smallest absolute Gasteiger partial charge is 0.293 e. The van der Waals surface area contributed by atoms with Gasteiger partial charge in [0.2, 0.25) is 5.89 Å². The fourth-order valence-electron chi connectivity index (χ4n) is 3.67.